The number of benzene rings is 1. The first-order valence-corrected chi connectivity index (χ1v) is 7.67. The van der Waals surface area contributed by atoms with E-state index in [0.29, 0.717) is 6.54 Å². The number of hydrogen-bond donors (Lipinski definition) is 2. The van der Waals surface area contributed by atoms with Crippen molar-refractivity contribution in [1.29, 1.82) is 0 Å². The Kier molecular flexibility index (Phi) is 8.29. The van der Waals surface area contributed by atoms with Crippen LogP contribution in [0.4, 0.5) is 5.69 Å². The first-order valence-electron chi connectivity index (χ1n) is 7.67. The maximum Gasteiger partial charge on any atom is 0.266 e. The van der Waals surface area contributed by atoms with Crippen molar-refractivity contribution in [3.63, 3.8) is 0 Å². The van der Waals surface area contributed by atoms with E-state index in [9.17, 15) is 9.59 Å². The van der Waals surface area contributed by atoms with Gasteiger partial charge in [-0.15, -0.1) is 0 Å². The summed E-state index contributed by atoms with van der Waals surface area (Å²) in [6.07, 6.45) is 5.31. The number of anilines is 1. The van der Waals surface area contributed by atoms with Gasteiger partial charge in [0.25, 0.3) is 11.8 Å². The third kappa shape index (κ3) is 5.84. The van der Waals surface area contributed by atoms with E-state index in [0.717, 1.165) is 16.8 Å². The number of hydrogen-bond acceptors (Lipinski definition) is 2. The number of nitrogens with zero attached hydrogens (tertiary/aromatic N) is 2. The maximum atomic E-state index is 12.2. The normalized spacial score (nSPS) is 9.96. The van der Waals surface area contributed by atoms with Crippen molar-refractivity contribution < 1.29 is 46.9 Å². The van der Waals surface area contributed by atoms with Crippen molar-refractivity contribution in [3.8, 4) is 0 Å². The summed E-state index contributed by atoms with van der Waals surface area (Å²) in [7, 11) is 0. The van der Waals surface area contributed by atoms with Crippen molar-refractivity contribution >= 4 is 17.5 Å². The quantitative estimate of drug-likeness (QED) is 0.710. The number of nitrogens with one attached hydrogen (secondary N) is 2. The molecule has 125 valence electrons. The predicted octanol–water partition coefficient (Wildman–Crippen LogP) is 1.16. The minimum Gasteiger partial charge on any atom is -0.353 e. The van der Waals surface area contributed by atoms with Crippen LogP contribution >= 0.6 is 0 Å². The zero-order valence-electron chi connectivity index (χ0n) is 14.4. The first-order chi connectivity index (χ1) is 11.0. The molecule has 0 saturated heterocycles. The van der Waals surface area contributed by atoms with Crippen LogP contribution in [0.3, 0.4) is 0 Å². The van der Waals surface area contributed by atoms with Gasteiger partial charge in [0.1, 0.15) is 12.4 Å². The number of aryl methyl sites for hydroxylation is 2. The molecule has 2 aromatic rings. The first kappa shape index (κ1) is 20.5. The Morgan fingerprint density at radius 1 is 1.17 bits per heavy atom. The summed E-state index contributed by atoms with van der Waals surface area (Å²) in [5.74, 6) is -0.140. The summed E-state index contributed by atoms with van der Waals surface area (Å²) in [5.41, 5.74) is 2.94. The Morgan fingerprint density at radius 3 is 2.46 bits per heavy atom. The Morgan fingerprint density at radius 2 is 1.83 bits per heavy atom. The Labute approximate surface area is 167 Å². The largest absolute Gasteiger partial charge is 0.353 e. The zero-order valence-corrected chi connectivity index (χ0v) is 17.2. The second-order valence-corrected chi connectivity index (χ2v) is 5.53. The van der Waals surface area contributed by atoms with Crippen molar-refractivity contribution in [1.82, 2.24) is 9.88 Å². The Hall–Kier alpha value is -1.53. The van der Waals surface area contributed by atoms with E-state index < -0.39 is 0 Å². The average Bonchev–Trinajstić information content (AvgIpc) is 2.90. The molecule has 0 aliphatic heterocycles. The van der Waals surface area contributed by atoms with Crippen LogP contribution in [0.2, 0.25) is 0 Å². The minimum absolute atomic E-state index is 0. The fourth-order valence-electron chi connectivity index (χ4n) is 2.40. The molecule has 2 amide bonds. The van der Waals surface area contributed by atoms with E-state index in [1.54, 1.807) is 27.9 Å². The average molecular weight is 404 g/mol. The molecule has 0 aliphatic rings. The van der Waals surface area contributed by atoms with Crippen molar-refractivity contribution in [3.05, 3.63) is 48.0 Å². The van der Waals surface area contributed by atoms with Gasteiger partial charge >= 0.3 is 0 Å². The van der Waals surface area contributed by atoms with Crippen LogP contribution in [0.1, 0.15) is 18.1 Å². The third-order valence-electron chi connectivity index (χ3n) is 3.52. The van der Waals surface area contributed by atoms with Crippen LogP contribution in [0, 0.1) is 13.8 Å². The Bertz CT molecular complexity index is 692. The molecule has 0 saturated carbocycles. The standard InChI is InChI=1S/C17H22N4O2.Y/c1-4-18-15(22)10-20-8-9-21(12-20)11-16(23)19-17-13(2)6-5-7-14(17)3;/h5-9,12H,4,10-11H2,1-3H3,(H-,18,19,22,23);/p+1. The molecular weight excluding hydrogens is 381 g/mol. The predicted molar refractivity (Wildman–Crippen MR) is 87.9 cm³/mol. The minimum atomic E-state index is -0.0943. The van der Waals surface area contributed by atoms with Gasteiger partial charge in [-0.2, -0.15) is 0 Å². The van der Waals surface area contributed by atoms with Crippen LogP contribution in [0.5, 0.6) is 0 Å². The zero-order chi connectivity index (χ0) is 16.8. The van der Waals surface area contributed by atoms with Crippen LogP contribution in [-0.4, -0.2) is 22.9 Å². The van der Waals surface area contributed by atoms with Crippen molar-refractivity contribution in [2.24, 2.45) is 0 Å². The van der Waals surface area contributed by atoms with E-state index in [-0.39, 0.29) is 57.6 Å². The molecular formula is C17H23N4O2Y+. The van der Waals surface area contributed by atoms with Crippen LogP contribution in [0.15, 0.2) is 36.9 Å². The van der Waals surface area contributed by atoms with Gasteiger partial charge in [0.2, 0.25) is 6.33 Å². The van der Waals surface area contributed by atoms with E-state index in [2.05, 4.69) is 10.6 Å². The fraction of sp³-hybridized carbons (Fsp3) is 0.353. The molecule has 1 heterocycles. The summed E-state index contributed by atoms with van der Waals surface area (Å²) in [5, 5.41) is 5.69. The number of imidazole rings is 1. The fourth-order valence-corrected chi connectivity index (χ4v) is 2.40. The van der Waals surface area contributed by atoms with E-state index in [4.69, 9.17) is 0 Å². The van der Waals surface area contributed by atoms with Crippen LogP contribution in [-0.2, 0) is 55.4 Å². The van der Waals surface area contributed by atoms with E-state index in [1.165, 1.54) is 0 Å². The number of carbonyl (C=O) groups excluding carboxylic acids is 2. The molecule has 6 nitrogen and oxygen atoms in total. The summed E-state index contributed by atoms with van der Waals surface area (Å²) in [6, 6.07) is 5.91. The smallest absolute Gasteiger partial charge is 0.266 e. The monoisotopic (exact) mass is 404 g/mol. The van der Waals surface area contributed by atoms with Gasteiger partial charge in [-0.1, -0.05) is 18.2 Å². The molecule has 7 heteroatoms. The summed E-state index contributed by atoms with van der Waals surface area (Å²) < 4.78 is 3.50. The second kappa shape index (κ2) is 9.69. The van der Waals surface area contributed by atoms with E-state index >= 15 is 0 Å². The number of likely N-dealkylation sites (N-methyl/N-ethyl adjacent to an activating group) is 1. The molecule has 0 fully saturated rings. The van der Waals surface area contributed by atoms with Crippen LogP contribution < -0.4 is 15.2 Å². The molecule has 1 radical (unpaired) electrons. The van der Waals surface area contributed by atoms with Crippen molar-refractivity contribution in [2.45, 2.75) is 33.9 Å². The van der Waals surface area contributed by atoms with Gasteiger partial charge in [0.15, 0.2) is 13.1 Å². The number of para-hydroxylation sites is 1. The molecule has 1 aromatic heterocycles. The molecule has 0 aliphatic carbocycles. The summed E-state index contributed by atoms with van der Waals surface area (Å²) in [6.45, 7) is 6.89. The van der Waals surface area contributed by atoms with Gasteiger partial charge in [0, 0.05) is 44.9 Å². The molecule has 0 spiro atoms. The number of rotatable bonds is 6. The van der Waals surface area contributed by atoms with Gasteiger partial charge in [-0.05, 0) is 31.9 Å². The second-order valence-electron chi connectivity index (χ2n) is 5.53. The molecule has 1 aromatic carbocycles. The maximum absolute atomic E-state index is 12.2. The number of amides is 2. The molecule has 0 atom stereocenters. The topological polar surface area (TPSA) is 67.0 Å². The Balaban J connectivity index is 0.00000288. The number of carbonyl (C=O) groups is 2. The molecule has 24 heavy (non-hydrogen) atoms. The third-order valence-corrected chi connectivity index (χ3v) is 3.52. The van der Waals surface area contributed by atoms with Gasteiger partial charge in [-0.25, -0.2) is 9.13 Å². The molecule has 0 bridgehead atoms. The SMILES string of the molecule is CCNC(=O)Cn1cc[n+](CC(=O)Nc2c(C)cccc2C)c1.[Y]. The molecule has 2 rings (SSSR count). The van der Waals surface area contributed by atoms with E-state index in [1.807, 2.05) is 39.0 Å². The van der Waals surface area contributed by atoms with Crippen LogP contribution in [0.25, 0.3) is 0 Å². The van der Waals surface area contributed by atoms with Gasteiger partial charge < -0.3 is 10.6 Å². The molecule has 2 N–H and O–H groups in total. The summed E-state index contributed by atoms with van der Waals surface area (Å²) in [4.78, 5) is 23.7. The molecule has 0 unspecified atom stereocenters. The van der Waals surface area contributed by atoms with Gasteiger partial charge in [-0.3, -0.25) is 9.59 Å². The van der Waals surface area contributed by atoms with Gasteiger partial charge in [0.05, 0.1) is 0 Å². The van der Waals surface area contributed by atoms with Crippen molar-refractivity contribution in [2.75, 3.05) is 11.9 Å². The number of aromatic nitrogens is 2. The summed E-state index contributed by atoms with van der Waals surface area (Å²) >= 11 is 0.